The van der Waals surface area contributed by atoms with E-state index in [0.717, 1.165) is 39.1 Å². The highest BCUT2D eigenvalue weighted by atomic mass is 15.3. The quantitative estimate of drug-likeness (QED) is 0.487. The Balaban J connectivity index is 1.30. The lowest BCUT2D eigenvalue weighted by Crippen LogP contribution is -2.47. The predicted octanol–water partition coefficient (Wildman–Crippen LogP) is 3.13. The van der Waals surface area contributed by atoms with Crippen LogP contribution in [0.5, 0.6) is 0 Å². The first-order valence-corrected chi connectivity index (χ1v) is 10.5. The molecule has 2 bridgehead atoms. The number of piperidine rings is 1. The Morgan fingerprint density at radius 1 is 0.933 bits per heavy atom. The fraction of sp³-hybridized carbons (Fsp3) is 0.364. The highest BCUT2D eigenvalue weighted by Gasteiger charge is 2.35. The SMILES string of the molecule is CN(c1ccc(-c2ccc(-c3cn[nH]c3)c3[nH]ncc23)nn1)C1C[C@H]2CC[C@@H](C1)N2. The molecule has 0 radical (unpaired) electrons. The van der Waals surface area contributed by atoms with Crippen molar-refractivity contribution < 1.29 is 0 Å². The van der Waals surface area contributed by atoms with E-state index in [4.69, 9.17) is 0 Å². The summed E-state index contributed by atoms with van der Waals surface area (Å²) in [5.74, 6) is 0.934. The zero-order valence-electron chi connectivity index (χ0n) is 16.8. The largest absolute Gasteiger partial charge is 0.355 e. The van der Waals surface area contributed by atoms with Crippen LogP contribution < -0.4 is 10.2 Å². The lowest BCUT2D eigenvalue weighted by atomic mass is 9.98. The van der Waals surface area contributed by atoms with Crippen molar-refractivity contribution in [3.63, 3.8) is 0 Å². The molecule has 30 heavy (non-hydrogen) atoms. The van der Waals surface area contributed by atoms with Crippen molar-refractivity contribution in [3.05, 3.63) is 42.9 Å². The Morgan fingerprint density at radius 3 is 2.50 bits per heavy atom. The molecule has 4 aromatic rings. The molecule has 0 amide bonds. The first-order valence-electron chi connectivity index (χ1n) is 10.5. The predicted molar refractivity (Wildman–Crippen MR) is 116 cm³/mol. The van der Waals surface area contributed by atoms with Crippen molar-refractivity contribution in [2.75, 3.05) is 11.9 Å². The molecule has 2 aliphatic rings. The summed E-state index contributed by atoms with van der Waals surface area (Å²) in [6, 6.07) is 10.2. The monoisotopic (exact) mass is 400 g/mol. The molecule has 5 heterocycles. The average molecular weight is 400 g/mol. The number of anilines is 1. The van der Waals surface area contributed by atoms with Crippen molar-refractivity contribution in [2.45, 2.75) is 43.8 Å². The molecule has 6 rings (SSSR count). The zero-order valence-corrected chi connectivity index (χ0v) is 16.8. The van der Waals surface area contributed by atoms with Crippen LogP contribution in [0.15, 0.2) is 42.9 Å². The molecule has 3 N–H and O–H groups in total. The molecular weight excluding hydrogens is 376 g/mol. The molecule has 1 aromatic carbocycles. The van der Waals surface area contributed by atoms with Gasteiger partial charge in [-0.1, -0.05) is 12.1 Å². The first-order chi connectivity index (χ1) is 14.8. The van der Waals surface area contributed by atoms with Crippen molar-refractivity contribution >= 4 is 16.7 Å². The first kappa shape index (κ1) is 17.6. The number of H-pyrrole nitrogens is 2. The van der Waals surface area contributed by atoms with E-state index in [1.165, 1.54) is 25.7 Å². The highest BCUT2D eigenvalue weighted by molar-refractivity contribution is 6.01. The van der Waals surface area contributed by atoms with Crippen LogP contribution in [-0.4, -0.2) is 55.8 Å². The molecule has 1 unspecified atom stereocenters. The topological polar surface area (TPSA) is 98.4 Å². The number of aromatic nitrogens is 6. The van der Waals surface area contributed by atoms with Gasteiger partial charge in [-0.05, 0) is 37.8 Å². The second-order valence-corrected chi connectivity index (χ2v) is 8.46. The third-order valence-electron chi connectivity index (χ3n) is 6.71. The van der Waals surface area contributed by atoms with Gasteiger partial charge in [0.05, 0.1) is 23.6 Å². The van der Waals surface area contributed by atoms with E-state index < -0.39 is 0 Å². The van der Waals surface area contributed by atoms with E-state index in [-0.39, 0.29) is 0 Å². The minimum Gasteiger partial charge on any atom is -0.355 e. The summed E-state index contributed by atoms with van der Waals surface area (Å²) in [4.78, 5) is 2.30. The van der Waals surface area contributed by atoms with Crippen LogP contribution in [-0.2, 0) is 0 Å². The van der Waals surface area contributed by atoms with Crippen LogP contribution in [0.2, 0.25) is 0 Å². The van der Waals surface area contributed by atoms with E-state index in [1.54, 1.807) is 0 Å². The second kappa shape index (κ2) is 6.91. The van der Waals surface area contributed by atoms with Crippen LogP contribution in [0.4, 0.5) is 5.82 Å². The van der Waals surface area contributed by atoms with Gasteiger partial charge in [-0.3, -0.25) is 10.2 Å². The van der Waals surface area contributed by atoms with Crippen molar-refractivity contribution in [1.29, 1.82) is 0 Å². The van der Waals surface area contributed by atoms with Crippen molar-refractivity contribution in [2.24, 2.45) is 0 Å². The molecule has 2 aliphatic heterocycles. The Morgan fingerprint density at radius 2 is 1.77 bits per heavy atom. The third-order valence-corrected chi connectivity index (χ3v) is 6.71. The standard InChI is InChI=1S/C22H24N8/c1-30(16-8-14-2-3-15(9-16)26-14)21-7-6-20(27-28-21)18-5-4-17(13-10-23-24-11-13)22-19(18)12-25-29-22/h4-7,10-12,14-16,26H,2-3,8-9H2,1H3,(H,23,24)(H,25,29)/t14-,15+,16?. The van der Waals surface area contributed by atoms with E-state index in [1.807, 2.05) is 18.6 Å². The lowest BCUT2D eigenvalue weighted by Gasteiger charge is -2.36. The molecule has 8 heteroatoms. The number of fused-ring (bicyclic) bond motifs is 3. The molecule has 152 valence electrons. The van der Waals surface area contributed by atoms with E-state index in [2.05, 4.69) is 72.1 Å². The number of nitrogens with zero attached hydrogens (tertiary/aromatic N) is 5. The van der Waals surface area contributed by atoms with Gasteiger partial charge in [0.1, 0.15) is 0 Å². The second-order valence-electron chi connectivity index (χ2n) is 8.46. The van der Waals surface area contributed by atoms with Crippen LogP contribution in [0.25, 0.3) is 33.3 Å². The number of hydrogen-bond donors (Lipinski definition) is 3. The van der Waals surface area contributed by atoms with Crippen LogP contribution in [0.1, 0.15) is 25.7 Å². The number of rotatable bonds is 4. The van der Waals surface area contributed by atoms with Crippen LogP contribution in [0.3, 0.4) is 0 Å². The summed E-state index contributed by atoms with van der Waals surface area (Å²) < 4.78 is 0. The summed E-state index contributed by atoms with van der Waals surface area (Å²) in [6.07, 6.45) is 10.5. The Kier molecular flexibility index (Phi) is 4.05. The minimum atomic E-state index is 0.527. The molecule has 0 spiro atoms. The smallest absolute Gasteiger partial charge is 0.151 e. The Hall–Kier alpha value is -3.26. The Bertz CT molecular complexity index is 1150. The maximum atomic E-state index is 4.57. The van der Waals surface area contributed by atoms with Gasteiger partial charge in [-0.25, -0.2) is 0 Å². The molecule has 0 saturated carbocycles. The molecular formula is C22H24N8. The van der Waals surface area contributed by atoms with Crippen LogP contribution >= 0.6 is 0 Å². The fourth-order valence-corrected chi connectivity index (χ4v) is 5.09. The highest BCUT2D eigenvalue weighted by Crippen LogP contribution is 2.34. The van der Waals surface area contributed by atoms with E-state index >= 15 is 0 Å². The van der Waals surface area contributed by atoms with Gasteiger partial charge in [-0.2, -0.15) is 10.2 Å². The number of hydrogen-bond acceptors (Lipinski definition) is 6. The molecule has 2 fully saturated rings. The Labute approximate surface area is 174 Å². The molecule has 8 nitrogen and oxygen atoms in total. The van der Waals surface area contributed by atoms with Gasteiger partial charge in [0.2, 0.25) is 0 Å². The van der Waals surface area contributed by atoms with Crippen molar-refractivity contribution in [3.8, 4) is 22.4 Å². The summed E-state index contributed by atoms with van der Waals surface area (Å²) in [6.45, 7) is 0. The van der Waals surface area contributed by atoms with Gasteiger partial charge >= 0.3 is 0 Å². The summed E-state index contributed by atoms with van der Waals surface area (Å²) >= 11 is 0. The molecule has 2 saturated heterocycles. The summed E-state index contributed by atoms with van der Waals surface area (Å²) in [7, 11) is 2.15. The number of aromatic amines is 2. The number of benzene rings is 1. The molecule has 0 aliphatic carbocycles. The van der Waals surface area contributed by atoms with Crippen molar-refractivity contribution in [1.82, 2.24) is 35.9 Å². The number of nitrogens with one attached hydrogen (secondary N) is 3. The summed E-state index contributed by atoms with van der Waals surface area (Å²) in [5.41, 5.74) is 4.93. The van der Waals surface area contributed by atoms with Crippen LogP contribution in [0, 0.1) is 0 Å². The fourth-order valence-electron chi connectivity index (χ4n) is 5.09. The lowest BCUT2D eigenvalue weighted by molar-refractivity contribution is 0.353. The third kappa shape index (κ3) is 2.87. The average Bonchev–Trinajstić information content (AvgIpc) is 3.54. The van der Waals surface area contributed by atoms with Gasteiger partial charge < -0.3 is 10.2 Å². The van der Waals surface area contributed by atoms with Gasteiger partial charge in [0.25, 0.3) is 0 Å². The summed E-state index contributed by atoms with van der Waals surface area (Å²) in [5, 5.41) is 28.2. The molecule has 3 atom stereocenters. The van der Waals surface area contributed by atoms with Gasteiger partial charge in [-0.15, -0.1) is 10.2 Å². The minimum absolute atomic E-state index is 0.527. The maximum Gasteiger partial charge on any atom is 0.151 e. The van der Waals surface area contributed by atoms with E-state index in [9.17, 15) is 0 Å². The van der Waals surface area contributed by atoms with E-state index in [0.29, 0.717) is 18.1 Å². The maximum absolute atomic E-state index is 4.57. The van der Waals surface area contributed by atoms with Gasteiger partial charge in [0.15, 0.2) is 5.82 Å². The zero-order chi connectivity index (χ0) is 20.1. The van der Waals surface area contributed by atoms with Gasteiger partial charge in [0, 0.05) is 53.4 Å². The normalized spacial score (nSPS) is 23.2. The molecule has 3 aromatic heterocycles.